The summed E-state index contributed by atoms with van der Waals surface area (Å²) in [5.74, 6) is 0. The zero-order chi connectivity index (χ0) is 15.8. The summed E-state index contributed by atoms with van der Waals surface area (Å²) in [6, 6.07) is 29.7. The normalized spacial score (nSPS) is 10.5. The van der Waals surface area contributed by atoms with E-state index in [9.17, 15) is 0 Å². The van der Waals surface area contributed by atoms with Crippen LogP contribution in [0.15, 0.2) is 91.0 Å². The summed E-state index contributed by atoms with van der Waals surface area (Å²) >= 11 is 0. The molecular formula is C20H22N2. The van der Waals surface area contributed by atoms with Crippen molar-refractivity contribution in [3.05, 3.63) is 108 Å². The van der Waals surface area contributed by atoms with Crippen LogP contribution in [-0.2, 0) is 5.66 Å². The molecule has 3 rings (SSSR count). The van der Waals surface area contributed by atoms with Gasteiger partial charge in [0.05, 0.1) is 0 Å². The monoisotopic (exact) mass is 290 g/mol. The highest BCUT2D eigenvalue weighted by Gasteiger charge is 2.23. The second-order valence-electron chi connectivity index (χ2n) is 5.26. The number of benzene rings is 3. The molecule has 0 saturated heterocycles. The lowest BCUT2D eigenvalue weighted by atomic mass is 9.93. The van der Waals surface area contributed by atoms with Crippen molar-refractivity contribution in [1.82, 2.24) is 0 Å². The van der Waals surface area contributed by atoms with Gasteiger partial charge in [0.25, 0.3) is 0 Å². The molecule has 112 valence electrons. The fourth-order valence-electron chi connectivity index (χ4n) is 2.13. The Morgan fingerprint density at radius 2 is 0.864 bits per heavy atom. The van der Waals surface area contributed by atoms with Gasteiger partial charge in [0, 0.05) is 0 Å². The van der Waals surface area contributed by atoms with Gasteiger partial charge in [0.2, 0.25) is 0 Å². The molecule has 0 aliphatic heterocycles. The first-order chi connectivity index (χ1) is 10.6. The first-order valence-electron chi connectivity index (χ1n) is 7.31. The van der Waals surface area contributed by atoms with Crippen molar-refractivity contribution in [2.24, 2.45) is 11.5 Å². The number of aryl methyl sites for hydroxylation is 1. The number of rotatable bonds is 2. The maximum atomic E-state index is 6.14. The molecular weight excluding hydrogens is 268 g/mol. The fraction of sp³-hybridized carbons (Fsp3) is 0.100. The third-order valence-corrected chi connectivity index (χ3v) is 3.44. The summed E-state index contributed by atoms with van der Waals surface area (Å²) in [4.78, 5) is 0. The summed E-state index contributed by atoms with van der Waals surface area (Å²) < 4.78 is 0. The third-order valence-electron chi connectivity index (χ3n) is 3.44. The standard InChI is InChI=1S/C13H14N2.C7H8/c14-13(15,11-7-3-1-4-8-11)12-9-5-2-6-10-12;1-7-5-3-2-4-6-7/h1-10H,14-15H2;2-6H,1H3. The van der Waals surface area contributed by atoms with Crippen molar-refractivity contribution in [2.75, 3.05) is 0 Å². The van der Waals surface area contributed by atoms with E-state index < -0.39 is 5.66 Å². The quantitative estimate of drug-likeness (QED) is 0.705. The van der Waals surface area contributed by atoms with Crippen LogP contribution in [0.25, 0.3) is 0 Å². The molecule has 2 heteroatoms. The molecule has 0 bridgehead atoms. The molecule has 0 aliphatic rings. The predicted octanol–water partition coefficient (Wildman–Crippen LogP) is 3.80. The van der Waals surface area contributed by atoms with E-state index in [1.807, 2.05) is 78.9 Å². The van der Waals surface area contributed by atoms with E-state index in [4.69, 9.17) is 11.5 Å². The van der Waals surface area contributed by atoms with E-state index in [2.05, 4.69) is 19.1 Å². The van der Waals surface area contributed by atoms with E-state index >= 15 is 0 Å². The van der Waals surface area contributed by atoms with Crippen molar-refractivity contribution in [3.8, 4) is 0 Å². The van der Waals surface area contributed by atoms with Crippen molar-refractivity contribution >= 4 is 0 Å². The molecule has 0 aliphatic carbocycles. The summed E-state index contributed by atoms with van der Waals surface area (Å²) in [7, 11) is 0. The van der Waals surface area contributed by atoms with E-state index in [1.54, 1.807) is 0 Å². The van der Waals surface area contributed by atoms with Crippen LogP contribution in [0.3, 0.4) is 0 Å². The summed E-state index contributed by atoms with van der Waals surface area (Å²) in [5.41, 5.74) is 14.5. The van der Waals surface area contributed by atoms with Gasteiger partial charge in [-0.3, -0.25) is 0 Å². The van der Waals surface area contributed by atoms with Gasteiger partial charge in [0.15, 0.2) is 0 Å². The first kappa shape index (κ1) is 16.0. The zero-order valence-electron chi connectivity index (χ0n) is 12.8. The lowest BCUT2D eigenvalue weighted by Gasteiger charge is -2.25. The Balaban J connectivity index is 0.000000211. The molecule has 0 heterocycles. The third kappa shape index (κ3) is 4.29. The highest BCUT2D eigenvalue weighted by atomic mass is 15.0. The average Bonchev–Trinajstić information content (AvgIpc) is 2.58. The minimum Gasteiger partial charge on any atom is -0.306 e. The predicted molar refractivity (Wildman–Crippen MR) is 93.2 cm³/mol. The number of hydrogen-bond acceptors (Lipinski definition) is 2. The van der Waals surface area contributed by atoms with Gasteiger partial charge >= 0.3 is 0 Å². The maximum Gasteiger partial charge on any atom is 0.116 e. The van der Waals surface area contributed by atoms with E-state index in [-0.39, 0.29) is 0 Å². The molecule has 3 aromatic rings. The van der Waals surface area contributed by atoms with Crippen molar-refractivity contribution < 1.29 is 0 Å². The van der Waals surface area contributed by atoms with E-state index in [1.165, 1.54) is 5.56 Å². The molecule has 22 heavy (non-hydrogen) atoms. The fourth-order valence-corrected chi connectivity index (χ4v) is 2.13. The Morgan fingerprint density at radius 1 is 0.545 bits per heavy atom. The van der Waals surface area contributed by atoms with Crippen LogP contribution in [0.5, 0.6) is 0 Å². The maximum absolute atomic E-state index is 6.14. The Morgan fingerprint density at radius 3 is 1.14 bits per heavy atom. The van der Waals surface area contributed by atoms with E-state index in [0.29, 0.717) is 0 Å². The van der Waals surface area contributed by atoms with Gasteiger partial charge in [0.1, 0.15) is 5.66 Å². The van der Waals surface area contributed by atoms with Crippen LogP contribution in [0.2, 0.25) is 0 Å². The topological polar surface area (TPSA) is 52.0 Å². The van der Waals surface area contributed by atoms with Crippen molar-refractivity contribution in [1.29, 1.82) is 0 Å². The van der Waals surface area contributed by atoms with Crippen LogP contribution in [0, 0.1) is 6.92 Å². The Hall–Kier alpha value is -2.42. The minimum atomic E-state index is -0.914. The second-order valence-corrected chi connectivity index (χ2v) is 5.26. The summed E-state index contributed by atoms with van der Waals surface area (Å²) in [5, 5.41) is 0. The molecule has 0 atom stereocenters. The van der Waals surface area contributed by atoms with Crippen LogP contribution >= 0.6 is 0 Å². The van der Waals surface area contributed by atoms with Crippen molar-refractivity contribution in [3.63, 3.8) is 0 Å². The van der Waals surface area contributed by atoms with Crippen molar-refractivity contribution in [2.45, 2.75) is 12.6 Å². The number of nitrogens with two attached hydrogens (primary N) is 2. The van der Waals surface area contributed by atoms with Crippen LogP contribution in [0.1, 0.15) is 16.7 Å². The zero-order valence-corrected chi connectivity index (χ0v) is 12.8. The van der Waals surface area contributed by atoms with Crippen LogP contribution in [-0.4, -0.2) is 0 Å². The van der Waals surface area contributed by atoms with E-state index in [0.717, 1.165) is 11.1 Å². The minimum absolute atomic E-state index is 0.913. The molecule has 0 unspecified atom stereocenters. The largest absolute Gasteiger partial charge is 0.306 e. The smallest absolute Gasteiger partial charge is 0.116 e. The number of hydrogen-bond donors (Lipinski definition) is 2. The molecule has 0 spiro atoms. The first-order valence-corrected chi connectivity index (χ1v) is 7.31. The van der Waals surface area contributed by atoms with Crippen LogP contribution < -0.4 is 11.5 Å². The highest BCUT2D eigenvalue weighted by molar-refractivity contribution is 5.35. The molecule has 0 saturated carbocycles. The van der Waals surface area contributed by atoms with Gasteiger partial charge < -0.3 is 11.5 Å². The van der Waals surface area contributed by atoms with Gasteiger partial charge in [-0.25, -0.2) is 0 Å². The molecule has 3 aromatic carbocycles. The Bertz CT molecular complexity index is 620. The lowest BCUT2D eigenvalue weighted by Crippen LogP contribution is -2.46. The lowest BCUT2D eigenvalue weighted by molar-refractivity contribution is 0.567. The average molecular weight is 290 g/mol. The Labute approximate surface area is 132 Å². The van der Waals surface area contributed by atoms with Gasteiger partial charge in [-0.2, -0.15) is 0 Å². The molecule has 2 nitrogen and oxygen atoms in total. The highest BCUT2D eigenvalue weighted by Crippen LogP contribution is 2.20. The molecule has 0 radical (unpaired) electrons. The van der Waals surface area contributed by atoms with Gasteiger partial charge in [-0.1, -0.05) is 96.6 Å². The van der Waals surface area contributed by atoms with Gasteiger partial charge in [-0.05, 0) is 18.1 Å². The second kappa shape index (κ2) is 7.55. The van der Waals surface area contributed by atoms with Crippen LogP contribution in [0.4, 0.5) is 0 Å². The molecule has 4 N–H and O–H groups in total. The molecule has 0 fully saturated rings. The summed E-state index contributed by atoms with van der Waals surface area (Å²) in [6.07, 6.45) is 0. The SMILES string of the molecule is Cc1ccccc1.NC(N)(c1ccccc1)c1ccccc1. The molecule has 0 amide bonds. The van der Waals surface area contributed by atoms with Gasteiger partial charge in [-0.15, -0.1) is 0 Å². The summed E-state index contributed by atoms with van der Waals surface area (Å²) in [6.45, 7) is 2.08. The molecule has 0 aromatic heterocycles. The Kier molecular flexibility index (Phi) is 5.48.